The van der Waals surface area contributed by atoms with E-state index in [4.69, 9.17) is 19.3 Å². The number of carbonyl (C=O) groups excluding carboxylic acids is 1. The second-order valence-corrected chi connectivity index (χ2v) is 7.97. The maximum Gasteiger partial charge on any atom is 0.358 e. The second kappa shape index (κ2) is 8.96. The molecule has 0 radical (unpaired) electrons. The van der Waals surface area contributed by atoms with Gasteiger partial charge in [0.25, 0.3) is 0 Å². The summed E-state index contributed by atoms with van der Waals surface area (Å²) in [7, 11) is 1.32. The zero-order valence-corrected chi connectivity index (χ0v) is 17.9. The summed E-state index contributed by atoms with van der Waals surface area (Å²) in [6.07, 6.45) is 9.41. The van der Waals surface area contributed by atoms with Crippen LogP contribution in [0.3, 0.4) is 0 Å². The summed E-state index contributed by atoms with van der Waals surface area (Å²) in [6.45, 7) is 1.49. The molecule has 2 fully saturated rings. The highest BCUT2D eigenvalue weighted by Crippen LogP contribution is 2.40. The molecule has 1 saturated carbocycles. The van der Waals surface area contributed by atoms with Crippen LogP contribution in [0.2, 0.25) is 0 Å². The normalized spacial score (nSPS) is 16.5. The predicted octanol–water partition coefficient (Wildman–Crippen LogP) is 4.22. The number of ether oxygens (including phenoxy) is 3. The van der Waals surface area contributed by atoms with Crippen LogP contribution in [0.1, 0.15) is 53.8 Å². The van der Waals surface area contributed by atoms with Crippen LogP contribution in [0.4, 0.5) is 11.5 Å². The molecule has 9 heteroatoms. The molecule has 0 aromatic carbocycles. The number of methoxy groups -OCH3 is 1. The number of hydrogen-bond donors (Lipinski definition) is 1. The van der Waals surface area contributed by atoms with Crippen molar-refractivity contribution in [3.63, 3.8) is 0 Å². The molecule has 166 valence electrons. The standard InChI is InChI=1S/C23H25N5O4/c1-30-23(29)22-18(3-2-9-25-22)26-20-13-17(6-10-24-20)32-19-14-28(16-4-5-16)27-21(19)15-7-11-31-12-8-15/h2-3,6,9-10,13-16H,4-5,7-8,11-12H2,1H3,(H,24,26). The lowest BCUT2D eigenvalue weighted by molar-refractivity contribution is 0.0595. The van der Waals surface area contributed by atoms with Crippen molar-refractivity contribution in [2.45, 2.75) is 37.6 Å². The molecule has 3 aromatic rings. The molecule has 3 aromatic heterocycles. The lowest BCUT2D eigenvalue weighted by Crippen LogP contribution is -2.15. The number of nitrogens with one attached hydrogen (secondary N) is 1. The van der Waals surface area contributed by atoms with Gasteiger partial charge in [0, 0.05) is 37.6 Å². The first-order chi connectivity index (χ1) is 15.7. The minimum atomic E-state index is -0.519. The van der Waals surface area contributed by atoms with Gasteiger partial charge in [-0.05, 0) is 43.9 Å². The third kappa shape index (κ3) is 4.43. The van der Waals surface area contributed by atoms with Crippen LogP contribution in [-0.2, 0) is 9.47 Å². The van der Waals surface area contributed by atoms with Gasteiger partial charge in [-0.2, -0.15) is 5.10 Å². The summed E-state index contributed by atoms with van der Waals surface area (Å²) in [6, 6.07) is 7.55. The van der Waals surface area contributed by atoms with Gasteiger partial charge in [0.05, 0.1) is 25.0 Å². The van der Waals surface area contributed by atoms with E-state index in [1.807, 2.05) is 10.9 Å². The average molecular weight is 435 g/mol. The van der Waals surface area contributed by atoms with Gasteiger partial charge in [-0.1, -0.05) is 0 Å². The molecule has 2 aliphatic rings. The first kappa shape index (κ1) is 20.4. The zero-order chi connectivity index (χ0) is 21.9. The first-order valence-corrected chi connectivity index (χ1v) is 10.8. The zero-order valence-electron chi connectivity index (χ0n) is 17.9. The van der Waals surface area contributed by atoms with Gasteiger partial charge in [-0.3, -0.25) is 4.68 Å². The summed E-state index contributed by atoms with van der Waals surface area (Å²) in [4.78, 5) is 20.5. The molecular formula is C23H25N5O4. The van der Waals surface area contributed by atoms with Crippen LogP contribution >= 0.6 is 0 Å². The minimum absolute atomic E-state index is 0.190. The largest absolute Gasteiger partial charge is 0.464 e. The molecule has 0 unspecified atom stereocenters. The van der Waals surface area contributed by atoms with E-state index in [0.29, 0.717) is 29.2 Å². The molecule has 5 rings (SSSR count). The number of rotatable bonds is 7. The van der Waals surface area contributed by atoms with Crippen LogP contribution < -0.4 is 10.1 Å². The molecule has 0 amide bonds. The van der Waals surface area contributed by atoms with E-state index in [-0.39, 0.29) is 5.69 Å². The van der Waals surface area contributed by atoms with Gasteiger partial charge >= 0.3 is 5.97 Å². The Morgan fingerprint density at radius 3 is 2.78 bits per heavy atom. The van der Waals surface area contributed by atoms with Gasteiger partial charge in [0.15, 0.2) is 11.4 Å². The number of anilines is 2. The Balaban J connectivity index is 1.38. The van der Waals surface area contributed by atoms with Gasteiger partial charge in [-0.25, -0.2) is 14.8 Å². The van der Waals surface area contributed by atoms with Crippen molar-refractivity contribution >= 4 is 17.5 Å². The molecule has 0 spiro atoms. The smallest absolute Gasteiger partial charge is 0.358 e. The van der Waals surface area contributed by atoms with Crippen molar-refractivity contribution < 1.29 is 19.0 Å². The van der Waals surface area contributed by atoms with E-state index in [0.717, 1.165) is 50.3 Å². The minimum Gasteiger partial charge on any atom is -0.464 e. The van der Waals surface area contributed by atoms with Crippen LogP contribution in [0.25, 0.3) is 0 Å². The van der Waals surface area contributed by atoms with E-state index in [2.05, 4.69) is 15.3 Å². The van der Waals surface area contributed by atoms with Crippen molar-refractivity contribution in [1.29, 1.82) is 0 Å². The quantitative estimate of drug-likeness (QED) is 0.551. The fourth-order valence-electron chi connectivity index (χ4n) is 3.82. The highest BCUT2D eigenvalue weighted by atomic mass is 16.5. The van der Waals surface area contributed by atoms with Gasteiger partial charge < -0.3 is 19.5 Å². The highest BCUT2D eigenvalue weighted by Gasteiger charge is 2.29. The third-order valence-corrected chi connectivity index (χ3v) is 5.66. The van der Waals surface area contributed by atoms with Gasteiger partial charge in [0.2, 0.25) is 0 Å². The maximum absolute atomic E-state index is 12.0. The van der Waals surface area contributed by atoms with Crippen molar-refractivity contribution in [1.82, 2.24) is 19.7 Å². The Morgan fingerprint density at radius 2 is 2.00 bits per heavy atom. The third-order valence-electron chi connectivity index (χ3n) is 5.66. The topological polar surface area (TPSA) is 100 Å². The molecule has 0 atom stereocenters. The summed E-state index contributed by atoms with van der Waals surface area (Å²) in [5, 5.41) is 8.00. The molecule has 4 heterocycles. The monoisotopic (exact) mass is 435 g/mol. The van der Waals surface area contributed by atoms with Crippen molar-refractivity contribution in [2.24, 2.45) is 0 Å². The Kier molecular flexibility index (Phi) is 5.72. The number of pyridine rings is 2. The average Bonchev–Trinajstić information content (AvgIpc) is 3.60. The lowest BCUT2D eigenvalue weighted by atomic mass is 9.96. The molecule has 1 aliphatic heterocycles. The number of nitrogens with zero attached hydrogens (tertiary/aromatic N) is 4. The number of hydrogen-bond acceptors (Lipinski definition) is 8. The predicted molar refractivity (Wildman–Crippen MR) is 116 cm³/mol. The molecule has 1 saturated heterocycles. The van der Waals surface area contributed by atoms with E-state index >= 15 is 0 Å². The number of carbonyl (C=O) groups is 1. The molecule has 9 nitrogen and oxygen atoms in total. The van der Waals surface area contributed by atoms with Crippen LogP contribution in [0.15, 0.2) is 42.9 Å². The second-order valence-electron chi connectivity index (χ2n) is 7.97. The van der Waals surface area contributed by atoms with Gasteiger partial charge in [-0.15, -0.1) is 0 Å². The molecule has 1 N–H and O–H groups in total. The Bertz CT molecular complexity index is 1110. The van der Waals surface area contributed by atoms with Crippen molar-refractivity contribution in [2.75, 3.05) is 25.6 Å². The van der Waals surface area contributed by atoms with Crippen LogP contribution in [0, 0.1) is 0 Å². The Hall–Kier alpha value is -3.46. The summed E-state index contributed by atoms with van der Waals surface area (Å²) in [5.41, 5.74) is 1.69. The molecule has 0 bridgehead atoms. The summed E-state index contributed by atoms with van der Waals surface area (Å²) < 4.78 is 18.7. The van der Waals surface area contributed by atoms with E-state index < -0.39 is 5.97 Å². The van der Waals surface area contributed by atoms with E-state index in [1.54, 1.807) is 36.7 Å². The van der Waals surface area contributed by atoms with Crippen molar-refractivity contribution in [3.05, 3.63) is 54.2 Å². The van der Waals surface area contributed by atoms with Crippen LogP contribution in [0.5, 0.6) is 11.5 Å². The summed E-state index contributed by atoms with van der Waals surface area (Å²) in [5.74, 6) is 1.75. The first-order valence-electron chi connectivity index (χ1n) is 10.8. The SMILES string of the molecule is COC(=O)c1ncccc1Nc1cc(Oc2cn(C3CC3)nc2C2CCOCC2)ccn1. The van der Waals surface area contributed by atoms with Crippen LogP contribution in [-0.4, -0.2) is 46.0 Å². The Labute approximate surface area is 185 Å². The fourth-order valence-corrected chi connectivity index (χ4v) is 3.82. The number of aromatic nitrogens is 4. The van der Waals surface area contributed by atoms with E-state index in [1.165, 1.54) is 7.11 Å². The fraction of sp³-hybridized carbons (Fsp3) is 0.391. The highest BCUT2D eigenvalue weighted by molar-refractivity contribution is 5.94. The van der Waals surface area contributed by atoms with E-state index in [9.17, 15) is 4.79 Å². The molecular weight excluding hydrogens is 410 g/mol. The van der Waals surface area contributed by atoms with Crippen molar-refractivity contribution in [3.8, 4) is 11.5 Å². The lowest BCUT2D eigenvalue weighted by Gasteiger charge is -2.21. The molecule has 32 heavy (non-hydrogen) atoms. The molecule has 1 aliphatic carbocycles. The Morgan fingerprint density at radius 1 is 1.16 bits per heavy atom. The maximum atomic E-state index is 12.0. The summed E-state index contributed by atoms with van der Waals surface area (Å²) >= 11 is 0. The van der Waals surface area contributed by atoms with Gasteiger partial charge in [0.1, 0.15) is 17.3 Å². The number of esters is 1.